The highest BCUT2D eigenvalue weighted by atomic mass is 19.4. The number of aromatic amines is 1. The third-order valence-electron chi connectivity index (χ3n) is 4.66. The normalized spacial score (nSPS) is 11.4. The van der Waals surface area contributed by atoms with Gasteiger partial charge in [0.2, 0.25) is 0 Å². The molecular formula is C23H17F4N3O2. The van der Waals surface area contributed by atoms with E-state index in [2.05, 4.69) is 15.0 Å². The Morgan fingerprint density at radius 1 is 0.938 bits per heavy atom. The number of nitrogens with one attached hydrogen (secondary N) is 1. The smallest absolute Gasteiger partial charge is 0.433 e. The van der Waals surface area contributed by atoms with E-state index in [-0.39, 0.29) is 12.4 Å². The second-order valence-corrected chi connectivity index (χ2v) is 6.84. The second-order valence-electron chi connectivity index (χ2n) is 6.84. The molecule has 0 radical (unpaired) electrons. The van der Waals surface area contributed by atoms with Crippen molar-refractivity contribution >= 4 is 0 Å². The Hall–Kier alpha value is -3.88. The minimum Gasteiger partial charge on any atom is -0.493 e. The number of nitrogens with zero attached hydrogens (tertiary/aromatic N) is 2. The minimum absolute atomic E-state index is 0.0258. The highest BCUT2D eigenvalue weighted by Gasteiger charge is 2.32. The van der Waals surface area contributed by atoms with Crippen LogP contribution in [0.5, 0.6) is 11.5 Å². The first-order valence-corrected chi connectivity index (χ1v) is 9.48. The van der Waals surface area contributed by atoms with Gasteiger partial charge in [-0.15, -0.1) is 0 Å². The molecule has 0 saturated carbocycles. The topological polar surface area (TPSA) is 60.0 Å². The zero-order chi connectivity index (χ0) is 22.7. The molecule has 0 bridgehead atoms. The summed E-state index contributed by atoms with van der Waals surface area (Å²) in [7, 11) is 1.49. The van der Waals surface area contributed by atoms with Crippen LogP contribution in [0, 0.1) is 5.82 Å². The molecule has 0 aliphatic rings. The summed E-state index contributed by atoms with van der Waals surface area (Å²) < 4.78 is 62.1. The van der Waals surface area contributed by atoms with E-state index in [9.17, 15) is 17.6 Å². The number of imidazole rings is 1. The Bertz CT molecular complexity index is 1200. The van der Waals surface area contributed by atoms with Gasteiger partial charge in [0, 0.05) is 29.1 Å². The third-order valence-corrected chi connectivity index (χ3v) is 4.66. The summed E-state index contributed by atoms with van der Waals surface area (Å²) in [6.45, 7) is 0.0258. The monoisotopic (exact) mass is 443 g/mol. The van der Waals surface area contributed by atoms with Gasteiger partial charge in [-0.2, -0.15) is 13.2 Å². The van der Waals surface area contributed by atoms with Gasteiger partial charge in [0.05, 0.1) is 12.8 Å². The molecule has 164 valence electrons. The van der Waals surface area contributed by atoms with Crippen molar-refractivity contribution < 1.29 is 27.0 Å². The average Bonchev–Trinajstić information content (AvgIpc) is 3.28. The van der Waals surface area contributed by atoms with Crippen molar-refractivity contribution in [3.63, 3.8) is 0 Å². The van der Waals surface area contributed by atoms with Crippen molar-refractivity contribution in [2.75, 3.05) is 7.11 Å². The van der Waals surface area contributed by atoms with Crippen LogP contribution in [-0.2, 0) is 12.8 Å². The van der Waals surface area contributed by atoms with Gasteiger partial charge in [-0.05, 0) is 48.5 Å². The van der Waals surface area contributed by atoms with Crippen molar-refractivity contribution in [2.24, 2.45) is 0 Å². The first kappa shape index (κ1) is 21.4. The van der Waals surface area contributed by atoms with Gasteiger partial charge >= 0.3 is 6.18 Å². The number of rotatable bonds is 6. The van der Waals surface area contributed by atoms with Gasteiger partial charge in [-0.3, -0.25) is 4.98 Å². The Morgan fingerprint density at radius 3 is 2.34 bits per heavy atom. The number of aromatic nitrogens is 3. The Morgan fingerprint density at radius 2 is 1.69 bits per heavy atom. The lowest BCUT2D eigenvalue weighted by Gasteiger charge is -2.12. The maximum absolute atomic E-state index is 13.1. The number of hydrogen-bond donors (Lipinski definition) is 1. The molecule has 2 aromatic carbocycles. The van der Waals surface area contributed by atoms with Gasteiger partial charge in [0.15, 0.2) is 11.5 Å². The van der Waals surface area contributed by atoms with Crippen molar-refractivity contribution in [1.29, 1.82) is 0 Å². The second kappa shape index (κ2) is 8.70. The van der Waals surface area contributed by atoms with Gasteiger partial charge < -0.3 is 14.5 Å². The molecule has 2 aromatic heterocycles. The van der Waals surface area contributed by atoms with E-state index in [1.807, 2.05) is 0 Å². The van der Waals surface area contributed by atoms with Crippen LogP contribution in [0.3, 0.4) is 0 Å². The predicted molar refractivity (Wildman–Crippen MR) is 110 cm³/mol. The fourth-order valence-electron chi connectivity index (χ4n) is 3.01. The predicted octanol–water partition coefficient (Wildman–Crippen LogP) is 5.88. The molecule has 2 heterocycles. The summed E-state index contributed by atoms with van der Waals surface area (Å²) in [4.78, 5) is 11.0. The summed E-state index contributed by atoms with van der Waals surface area (Å²) in [5.74, 6) is 1.13. The van der Waals surface area contributed by atoms with Crippen molar-refractivity contribution in [3.8, 4) is 34.1 Å². The van der Waals surface area contributed by atoms with Crippen LogP contribution in [0.1, 0.15) is 11.3 Å². The van der Waals surface area contributed by atoms with Crippen LogP contribution in [0.25, 0.3) is 22.6 Å². The quantitative estimate of drug-likeness (QED) is 0.378. The number of benzene rings is 2. The van der Waals surface area contributed by atoms with E-state index in [0.717, 1.165) is 23.4 Å². The highest BCUT2D eigenvalue weighted by Crippen LogP contribution is 2.33. The van der Waals surface area contributed by atoms with Crippen molar-refractivity contribution in [1.82, 2.24) is 15.0 Å². The molecule has 0 aliphatic carbocycles. The van der Waals surface area contributed by atoms with E-state index < -0.39 is 11.9 Å². The number of methoxy groups -OCH3 is 1. The number of ether oxygens (including phenoxy) is 2. The van der Waals surface area contributed by atoms with Gasteiger partial charge in [-0.25, -0.2) is 9.37 Å². The van der Waals surface area contributed by atoms with E-state index in [1.165, 1.54) is 25.3 Å². The fourth-order valence-corrected chi connectivity index (χ4v) is 3.01. The lowest BCUT2D eigenvalue weighted by molar-refractivity contribution is -0.141. The number of H-pyrrole nitrogens is 1. The SMILES string of the molecule is COc1cc(-c2c[nH]c(-c3ccc(F)cc3)n2)ccc1OCc1ccc(C(F)(F)F)nc1. The molecule has 0 spiro atoms. The molecule has 0 saturated heterocycles. The van der Waals surface area contributed by atoms with Crippen LogP contribution >= 0.6 is 0 Å². The molecule has 0 atom stereocenters. The minimum atomic E-state index is -4.48. The highest BCUT2D eigenvalue weighted by molar-refractivity contribution is 5.67. The molecule has 4 aromatic rings. The number of pyridine rings is 1. The van der Waals surface area contributed by atoms with Crippen LogP contribution in [-0.4, -0.2) is 22.1 Å². The van der Waals surface area contributed by atoms with Gasteiger partial charge in [0.25, 0.3) is 0 Å². The van der Waals surface area contributed by atoms with Crippen LogP contribution in [0.4, 0.5) is 17.6 Å². The van der Waals surface area contributed by atoms with Crippen molar-refractivity contribution in [3.05, 3.63) is 84.1 Å². The molecule has 5 nitrogen and oxygen atoms in total. The molecule has 0 amide bonds. The summed E-state index contributed by atoms with van der Waals surface area (Å²) in [5, 5.41) is 0. The molecule has 32 heavy (non-hydrogen) atoms. The summed E-state index contributed by atoms with van der Waals surface area (Å²) in [6.07, 6.45) is -1.63. The van der Waals surface area contributed by atoms with E-state index in [1.54, 1.807) is 36.5 Å². The molecule has 0 fully saturated rings. The summed E-state index contributed by atoms with van der Waals surface area (Å²) >= 11 is 0. The molecule has 9 heteroatoms. The maximum Gasteiger partial charge on any atom is 0.433 e. The van der Waals surface area contributed by atoms with Crippen LogP contribution in [0.15, 0.2) is 67.0 Å². The van der Waals surface area contributed by atoms with Gasteiger partial charge in [0.1, 0.15) is 23.9 Å². The molecule has 0 unspecified atom stereocenters. The molecule has 4 rings (SSSR count). The summed E-state index contributed by atoms with van der Waals surface area (Å²) in [5.41, 5.74) is 1.69. The zero-order valence-corrected chi connectivity index (χ0v) is 16.8. The molecule has 0 aliphatic heterocycles. The van der Waals surface area contributed by atoms with E-state index in [4.69, 9.17) is 9.47 Å². The maximum atomic E-state index is 13.1. The van der Waals surface area contributed by atoms with E-state index in [0.29, 0.717) is 28.6 Å². The molecule has 1 N–H and O–H groups in total. The molecular weight excluding hydrogens is 426 g/mol. The first-order valence-electron chi connectivity index (χ1n) is 9.48. The number of hydrogen-bond acceptors (Lipinski definition) is 4. The number of alkyl halides is 3. The zero-order valence-electron chi connectivity index (χ0n) is 16.8. The van der Waals surface area contributed by atoms with Crippen LogP contribution in [0.2, 0.25) is 0 Å². The fraction of sp³-hybridized carbons (Fsp3) is 0.130. The first-order chi connectivity index (χ1) is 15.3. The standard InChI is InChI=1S/C23H17F4N3O2/c1-31-20-10-16(18-12-29-22(30-18)15-3-6-17(24)7-4-15)5-8-19(20)32-13-14-2-9-21(28-11-14)23(25,26)27/h2-12H,13H2,1H3,(H,29,30). The third kappa shape index (κ3) is 4.72. The Labute approximate surface area is 180 Å². The van der Waals surface area contributed by atoms with Crippen molar-refractivity contribution in [2.45, 2.75) is 12.8 Å². The van der Waals surface area contributed by atoms with E-state index >= 15 is 0 Å². The lowest BCUT2D eigenvalue weighted by atomic mass is 10.1. The average molecular weight is 443 g/mol. The summed E-state index contributed by atoms with van der Waals surface area (Å²) in [6, 6.07) is 13.4. The van der Waals surface area contributed by atoms with Gasteiger partial charge in [-0.1, -0.05) is 6.07 Å². The Kier molecular flexibility index (Phi) is 5.81. The Balaban J connectivity index is 1.49. The lowest BCUT2D eigenvalue weighted by Crippen LogP contribution is -2.08. The number of halogens is 4. The largest absolute Gasteiger partial charge is 0.493 e. The van der Waals surface area contributed by atoms with Crippen LogP contribution < -0.4 is 9.47 Å².